The van der Waals surface area contributed by atoms with E-state index < -0.39 is 6.17 Å². The maximum absolute atomic E-state index is 9.40. The van der Waals surface area contributed by atoms with Crippen LogP contribution in [0.3, 0.4) is 0 Å². The topological polar surface area (TPSA) is 130 Å². The van der Waals surface area contributed by atoms with Crippen molar-refractivity contribution in [2.24, 2.45) is 9.98 Å². The summed E-state index contributed by atoms with van der Waals surface area (Å²) in [5, 5.41) is 36.9. The maximum Gasteiger partial charge on any atom is 0.247 e. The summed E-state index contributed by atoms with van der Waals surface area (Å²) in [6.45, 7) is 1.98. The second-order valence-electron chi connectivity index (χ2n) is 4.46. The first-order valence-electron chi connectivity index (χ1n) is 6.87. The summed E-state index contributed by atoms with van der Waals surface area (Å²) < 4.78 is 0. The number of nitrogens with zero attached hydrogens (tertiary/aromatic N) is 9. The van der Waals surface area contributed by atoms with Gasteiger partial charge in [-0.3, -0.25) is 0 Å². The second kappa shape index (κ2) is 7.26. The minimum absolute atomic E-state index is 0.0110. The fourth-order valence-corrected chi connectivity index (χ4v) is 2.03. The van der Waals surface area contributed by atoms with Crippen molar-refractivity contribution in [2.45, 2.75) is 13.1 Å². The maximum atomic E-state index is 9.40. The van der Waals surface area contributed by atoms with Gasteiger partial charge in [0, 0.05) is 6.54 Å². The number of nitriles is 4. The van der Waals surface area contributed by atoms with E-state index in [1.165, 1.54) is 4.90 Å². The standard InChI is InChI=1S/C15H11N9/c1-2-22(8-16)14-20-13(12-6-4-3-5-7-12)21-15(24(14)11-19)23(9-17)10-18/h3-7,13H,2H2,1H3. The first-order chi connectivity index (χ1) is 11.7. The Labute approximate surface area is 138 Å². The minimum atomic E-state index is -0.771. The van der Waals surface area contributed by atoms with E-state index in [9.17, 15) is 10.5 Å². The number of rotatable bonds is 2. The normalized spacial score (nSPS) is 15.7. The Hall–Kier alpha value is -4.08. The molecule has 0 spiro atoms. The highest BCUT2D eigenvalue weighted by molar-refractivity contribution is 6.03. The molecule has 0 radical (unpaired) electrons. The third kappa shape index (κ3) is 2.92. The van der Waals surface area contributed by atoms with Crippen LogP contribution in [-0.4, -0.2) is 33.2 Å². The van der Waals surface area contributed by atoms with E-state index in [1.807, 2.05) is 18.5 Å². The van der Waals surface area contributed by atoms with E-state index >= 15 is 0 Å². The summed E-state index contributed by atoms with van der Waals surface area (Å²) in [6.07, 6.45) is 6.25. The number of aliphatic imine (C=N–C) groups is 2. The van der Waals surface area contributed by atoms with E-state index in [0.29, 0.717) is 10.5 Å². The molecule has 0 saturated heterocycles. The molecule has 1 aliphatic heterocycles. The molecule has 0 bridgehead atoms. The van der Waals surface area contributed by atoms with E-state index in [4.69, 9.17) is 10.5 Å². The van der Waals surface area contributed by atoms with Crippen LogP contribution in [0.4, 0.5) is 0 Å². The second-order valence-corrected chi connectivity index (χ2v) is 4.46. The lowest BCUT2D eigenvalue weighted by Crippen LogP contribution is -2.49. The number of benzene rings is 1. The molecule has 1 atom stereocenters. The van der Waals surface area contributed by atoms with Gasteiger partial charge in [-0.15, -0.1) is 4.90 Å². The van der Waals surface area contributed by atoms with Crippen LogP contribution in [0.15, 0.2) is 40.3 Å². The molecule has 0 saturated carbocycles. The van der Waals surface area contributed by atoms with Crippen molar-refractivity contribution in [3.8, 4) is 24.8 Å². The molecular weight excluding hydrogens is 306 g/mol. The number of guanidine groups is 2. The van der Waals surface area contributed by atoms with Crippen molar-refractivity contribution in [1.82, 2.24) is 14.7 Å². The summed E-state index contributed by atoms with van der Waals surface area (Å²) in [4.78, 5) is 11.2. The van der Waals surface area contributed by atoms with E-state index in [0.717, 1.165) is 4.90 Å². The lowest BCUT2D eigenvalue weighted by atomic mass is 10.2. The van der Waals surface area contributed by atoms with Gasteiger partial charge in [-0.25, -0.2) is 14.9 Å². The van der Waals surface area contributed by atoms with Crippen molar-refractivity contribution < 1.29 is 0 Å². The van der Waals surface area contributed by atoms with Crippen LogP contribution in [0.1, 0.15) is 18.7 Å². The third-order valence-electron chi connectivity index (χ3n) is 3.15. The molecule has 1 heterocycles. The predicted octanol–water partition coefficient (Wildman–Crippen LogP) is 1.26. The largest absolute Gasteiger partial charge is 0.248 e. The van der Waals surface area contributed by atoms with Gasteiger partial charge in [-0.05, 0) is 12.5 Å². The lowest BCUT2D eigenvalue weighted by Gasteiger charge is -2.30. The zero-order chi connectivity index (χ0) is 17.5. The van der Waals surface area contributed by atoms with Crippen LogP contribution in [0, 0.1) is 45.8 Å². The van der Waals surface area contributed by atoms with Gasteiger partial charge in [-0.1, -0.05) is 30.3 Å². The van der Waals surface area contributed by atoms with Gasteiger partial charge in [-0.2, -0.15) is 25.9 Å². The summed E-state index contributed by atoms with van der Waals surface area (Å²) in [5.41, 5.74) is 0.704. The molecule has 9 heteroatoms. The van der Waals surface area contributed by atoms with Gasteiger partial charge in [0.25, 0.3) is 0 Å². The SMILES string of the molecule is CCN(C#N)C1=NC(c2ccccc2)N=C(N(C#N)C#N)N1C#N. The molecule has 0 N–H and O–H groups in total. The Morgan fingerprint density at radius 1 is 1.00 bits per heavy atom. The summed E-state index contributed by atoms with van der Waals surface area (Å²) in [5.74, 6) is -0.188. The molecule has 0 aliphatic carbocycles. The zero-order valence-corrected chi connectivity index (χ0v) is 12.7. The molecule has 9 nitrogen and oxygen atoms in total. The molecule has 24 heavy (non-hydrogen) atoms. The smallest absolute Gasteiger partial charge is 0.247 e. The summed E-state index contributed by atoms with van der Waals surface area (Å²) in [6, 6.07) is 8.98. The number of hydrogen-bond donors (Lipinski definition) is 0. The summed E-state index contributed by atoms with van der Waals surface area (Å²) >= 11 is 0. The fourth-order valence-electron chi connectivity index (χ4n) is 2.03. The number of hydrogen-bond acceptors (Lipinski definition) is 9. The Bertz CT molecular complexity index is 815. The molecule has 1 unspecified atom stereocenters. The first kappa shape index (κ1) is 16.3. The van der Waals surface area contributed by atoms with E-state index in [2.05, 4.69) is 9.98 Å². The van der Waals surface area contributed by atoms with Crippen LogP contribution in [-0.2, 0) is 0 Å². The Morgan fingerprint density at radius 3 is 2.12 bits per heavy atom. The van der Waals surface area contributed by atoms with Crippen molar-refractivity contribution >= 4 is 11.9 Å². The van der Waals surface area contributed by atoms with E-state index in [1.54, 1.807) is 43.6 Å². The van der Waals surface area contributed by atoms with Crippen LogP contribution < -0.4 is 0 Å². The molecule has 1 aromatic rings. The molecule has 116 valence electrons. The fraction of sp³-hybridized carbons (Fsp3) is 0.200. The molecule has 2 rings (SSSR count). The molecule has 0 aromatic heterocycles. The highest BCUT2D eigenvalue weighted by atomic mass is 15.5. The predicted molar refractivity (Wildman–Crippen MR) is 82.6 cm³/mol. The average molecular weight is 317 g/mol. The summed E-state index contributed by atoms with van der Waals surface area (Å²) in [7, 11) is 0. The van der Waals surface area contributed by atoms with E-state index in [-0.39, 0.29) is 18.5 Å². The van der Waals surface area contributed by atoms with Crippen molar-refractivity contribution in [3.05, 3.63) is 35.9 Å². The monoisotopic (exact) mass is 317 g/mol. The average Bonchev–Trinajstić information content (AvgIpc) is 2.64. The van der Waals surface area contributed by atoms with Gasteiger partial charge >= 0.3 is 0 Å². The molecule has 0 fully saturated rings. The Balaban J connectivity index is 2.61. The van der Waals surface area contributed by atoms with Crippen molar-refractivity contribution in [2.75, 3.05) is 6.54 Å². The van der Waals surface area contributed by atoms with Gasteiger partial charge in [0.05, 0.1) is 0 Å². The quantitative estimate of drug-likeness (QED) is 0.592. The van der Waals surface area contributed by atoms with Crippen LogP contribution in [0.5, 0.6) is 0 Å². The minimum Gasteiger partial charge on any atom is -0.248 e. The Morgan fingerprint density at radius 2 is 1.62 bits per heavy atom. The highest BCUT2D eigenvalue weighted by Gasteiger charge is 2.33. The zero-order valence-electron chi connectivity index (χ0n) is 12.7. The molecule has 1 aromatic carbocycles. The lowest BCUT2D eigenvalue weighted by molar-refractivity contribution is 0.498. The molecule has 1 aliphatic rings. The van der Waals surface area contributed by atoms with Crippen LogP contribution >= 0.6 is 0 Å². The first-order valence-corrected chi connectivity index (χ1v) is 6.87. The van der Waals surface area contributed by atoms with Gasteiger partial charge in [0.1, 0.15) is 0 Å². The van der Waals surface area contributed by atoms with Gasteiger partial charge in [0.2, 0.25) is 24.3 Å². The highest BCUT2D eigenvalue weighted by Crippen LogP contribution is 2.25. The Kier molecular flexibility index (Phi) is 4.93. The van der Waals surface area contributed by atoms with Gasteiger partial charge < -0.3 is 0 Å². The molecular formula is C15H11N9. The van der Waals surface area contributed by atoms with Crippen LogP contribution in [0.25, 0.3) is 0 Å². The third-order valence-corrected chi connectivity index (χ3v) is 3.15. The van der Waals surface area contributed by atoms with Crippen molar-refractivity contribution in [1.29, 1.82) is 21.0 Å². The molecule has 0 amide bonds. The van der Waals surface area contributed by atoms with Crippen molar-refractivity contribution in [3.63, 3.8) is 0 Å². The van der Waals surface area contributed by atoms with Gasteiger partial charge in [0.15, 0.2) is 18.6 Å². The van der Waals surface area contributed by atoms with Crippen LogP contribution in [0.2, 0.25) is 0 Å².